The van der Waals surface area contributed by atoms with Crippen molar-refractivity contribution in [3.63, 3.8) is 0 Å². The highest BCUT2D eigenvalue weighted by molar-refractivity contribution is 6.13. The third-order valence-electron chi connectivity index (χ3n) is 4.70. The number of pyridine rings is 1. The third kappa shape index (κ3) is 2.74. The van der Waals surface area contributed by atoms with Crippen molar-refractivity contribution in [3.8, 4) is 5.75 Å². The van der Waals surface area contributed by atoms with Gasteiger partial charge in [-0.15, -0.1) is 0 Å². The van der Waals surface area contributed by atoms with E-state index in [-0.39, 0.29) is 16.6 Å². The summed E-state index contributed by atoms with van der Waals surface area (Å²) in [5.41, 5.74) is 13.8. The molecule has 2 heterocycles. The molecule has 0 saturated carbocycles. The van der Waals surface area contributed by atoms with Crippen LogP contribution in [0, 0.1) is 0 Å². The average molecular weight is 366 g/mol. The van der Waals surface area contributed by atoms with Crippen molar-refractivity contribution in [1.82, 2.24) is 14.9 Å². The zero-order valence-electron chi connectivity index (χ0n) is 14.8. The summed E-state index contributed by atoms with van der Waals surface area (Å²) in [4.78, 5) is 12.5. The van der Waals surface area contributed by atoms with Crippen molar-refractivity contribution in [2.75, 3.05) is 31.5 Å². The minimum Gasteiger partial charge on any atom is -0.506 e. The average Bonchev–Trinajstić information content (AvgIpc) is 3.04. The van der Waals surface area contributed by atoms with Gasteiger partial charge in [0.05, 0.1) is 27.5 Å². The van der Waals surface area contributed by atoms with Crippen molar-refractivity contribution >= 4 is 32.9 Å². The van der Waals surface area contributed by atoms with Gasteiger partial charge in [-0.3, -0.25) is 4.79 Å². The Morgan fingerprint density at radius 2 is 1.89 bits per heavy atom. The third-order valence-corrected chi connectivity index (χ3v) is 4.70. The van der Waals surface area contributed by atoms with Crippen LogP contribution in [0.3, 0.4) is 0 Å². The lowest BCUT2D eigenvalue weighted by Gasteiger charge is -2.13. The maximum absolute atomic E-state index is 12.5. The fourth-order valence-corrected chi connectivity index (χ4v) is 3.54. The van der Waals surface area contributed by atoms with E-state index in [1.807, 2.05) is 12.1 Å². The molecule has 0 unspecified atom stereocenters. The molecule has 4 aromatic rings. The second kappa shape index (κ2) is 6.99. The molecule has 0 aliphatic carbocycles. The highest BCUT2D eigenvalue weighted by Gasteiger charge is 2.21. The zero-order valence-corrected chi connectivity index (χ0v) is 14.8. The first-order valence-corrected chi connectivity index (χ1v) is 8.93. The molecule has 8 nitrogen and oxygen atoms in total. The van der Waals surface area contributed by atoms with Gasteiger partial charge < -0.3 is 27.2 Å². The molecule has 0 aliphatic heterocycles. The van der Waals surface area contributed by atoms with E-state index in [1.165, 1.54) is 6.07 Å². The van der Waals surface area contributed by atoms with E-state index < -0.39 is 0 Å². The van der Waals surface area contributed by atoms with Crippen molar-refractivity contribution in [3.05, 3.63) is 46.2 Å². The summed E-state index contributed by atoms with van der Waals surface area (Å²) in [7, 11) is 0. The quantitative estimate of drug-likeness (QED) is 0.239. The molecule has 0 fully saturated rings. The Morgan fingerprint density at radius 3 is 2.67 bits per heavy atom. The van der Waals surface area contributed by atoms with Gasteiger partial charge >= 0.3 is 0 Å². The molecule has 7 N–H and O–H groups in total. The van der Waals surface area contributed by atoms with Gasteiger partial charge in [0.2, 0.25) is 0 Å². The number of nitrogens with one attached hydrogen (secondary N) is 2. The van der Waals surface area contributed by atoms with Crippen LogP contribution in [-0.2, 0) is 6.54 Å². The predicted molar refractivity (Wildman–Crippen MR) is 108 cm³/mol. The van der Waals surface area contributed by atoms with Gasteiger partial charge in [0.25, 0.3) is 0 Å². The van der Waals surface area contributed by atoms with Gasteiger partial charge in [-0.1, -0.05) is 6.07 Å². The molecule has 8 heteroatoms. The fourth-order valence-electron chi connectivity index (χ4n) is 3.54. The highest BCUT2D eigenvalue weighted by Crippen LogP contribution is 2.40. The summed E-state index contributed by atoms with van der Waals surface area (Å²) in [6, 6.07) is 8.77. The molecule has 0 aliphatic rings. The molecule has 0 saturated heterocycles. The van der Waals surface area contributed by atoms with E-state index in [4.69, 9.17) is 16.6 Å². The van der Waals surface area contributed by atoms with Crippen molar-refractivity contribution in [1.29, 1.82) is 0 Å². The van der Waals surface area contributed by atoms with Gasteiger partial charge in [0.1, 0.15) is 5.75 Å². The lowest BCUT2D eigenvalue weighted by atomic mass is 10.0. The first-order chi connectivity index (χ1) is 13.2. The normalized spacial score (nSPS) is 11.8. The predicted octanol–water partition coefficient (Wildman–Crippen LogP) is 0.563. The number of nitrogens with zero attached hydrogens (tertiary/aromatic N) is 2. The maximum atomic E-state index is 12.5. The number of hydrogen-bond acceptors (Lipinski definition) is 7. The van der Waals surface area contributed by atoms with Crippen molar-refractivity contribution in [2.45, 2.75) is 6.54 Å². The lowest BCUT2D eigenvalue weighted by molar-refractivity contribution is 0.487. The van der Waals surface area contributed by atoms with Crippen LogP contribution in [0.1, 0.15) is 5.69 Å². The molecule has 0 amide bonds. The summed E-state index contributed by atoms with van der Waals surface area (Å²) in [5, 5.41) is 23.9. The Hall–Kier alpha value is -2.94. The summed E-state index contributed by atoms with van der Waals surface area (Å²) < 4.78 is 1.74. The number of nitrogens with two attached hydrogens (primary N) is 2. The minimum absolute atomic E-state index is 0.0328. The second-order valence-corrected chi connectivity index (χ2v) is 6.42. The van der Waals surface area contributed by atoms with Crippen molar-refractivity contribution < 1.29 is 5.11 Å². The Kier molecular flexibility index (Phi) is 4.53. The monoisotopic (exact) mass is 366 g/mol. The number of aromatic hydroxyl groups is 1. The molecular formula is C19H22N6O2. The van der Waals surface area contributed by atoms with Crippen LogP contribution in [0.4, 0.5) is 5.69 Å². The molecule has 2 aromatic heterocycles. The van der Waals surface area contributed by atoms with Gasteiger partial charge in [-0.2, -0.15) is 5.10 Å². The number of aromatic nitrogens is 2. The second-order valence-electron chi connectivity index (χ2n) is 6.42. The Balaban J connectivity index is 2.08. The van der Waals surface area contributed by atoms with Gasteiger partial charge in [-0.05, 0) is 24.3 Å². The lowest BCUT2D eigenvalue weighted by Crippen LogP contribution is -2.22. The van der Waals surface area contributed by atoms with E-state index in [2.05, 4.69) is 10.6 Å². The van der Waals surface area contributed by atoms with Crippen LogP contribution in [0.15, 0.2) is 35.1 Å². The van der Waals surface area contributed by atoms with Gasteiger partial charge in [-0.25, -0.2) is 4.52 Å². The SMILES string of the molecule is NCCNCc1nn2c3cccc(=O)c3c(O)c3c(NCCN)ccc1c32. The molecule has 4 rings (SSSR count). The molecule has 0 bridgehead atoms. The first-order valence-electron chi connectivity index (χ1n) is 8.93. The first kappa shape index (κ1) is 17.5. The topological polar surface area (TPSA) is 131 Å². The molecule has 2 aromatic carbocycles. The van der Waals surface area contributed by atoms with E-state index >= 15 is 0 Å². The van der Waals surface area contributed by atoms with Crippen LogP contribution in [0.2, 0.25) is 0 Å². The van der Waals surface area contributed by atoms with Crippen molar-refractivity contribution in [2.24, 2.45) is 11.5 Å². The Labute approximate surface area is 155 Å². The van der Waals surface area contributed by atoms with E-state index in [0.717, 1.165) is 22.3 Å². The van der Waals surface area contributed by atoms with Crippen LogP contribution >= 0.6 is 0 Å². The van der Waals surface area contributed by atoms with E-state index in [0.29, 0.717) is 43.6 Å². The number of benzene rings is 2. The van der Waals surface area contributed by atoms with Crippen LogP contribution in [0.5, 0.6) is 5.75 Å². The Morgan fingerprint density at radius 1 is 1.07 bits per heavy atom. The molecule has 140 valence electrons. The Bertz CT molecular complexity index is 1170. The molecule has 0 spiro atoms. The van der Waals surface area contributed by atoms with Crippen LogP contribution in [0.25, 0.3) is 27.2 Å². The standard InChI is InChI=1S/C19H22N6O2/c20-6-8-22-10-13-11-4-5-12(23-9-7-21)16-18(11)25(24-13)14-2-1-3-15(26)17(14)19(16)27/h1-5,22-23,27H,6-10,20-21H2. The van der Waals surface area contributed by atoms with E-state index in [9.17, 15) is 9.90 Å². The number of anilines is 1. The molecule has 27 heavy (non-hydrogen) atoms. The fraction of sp³-hybridized carbons (Fsp3) is 0.263. The smallest absolute Gasteiger partial charge is 0.191 e. The summed E-state index contributed by atoms with van der Waals surface area (Å²) >= 11 is 0. The van der Waals surface area contributed by atoms with Crippen LogP contribution in [-0.4, -0.2) is 40.9 Å². The minimum atomic E-state index is -0.240. The highest BCUT2D eigenvalue weighted by atomic mass is 16.3. The number of hydrogen-bond donors (Lipinski definition) is 5. The summed E-state index contributed by atoms with van der Waals surface area (Å²) in [5.74, 6) is -0.0328. The largest absolute Gasteiger partial charge is 0.506 e. The summed E-state index contributed by atoms with van der Waals surface area (Å²) in [6.07, 6.45) is 0. The molecule has 0 atom stereocenters. The van der Waals surface area contributed by atoms with Crippen LogP contribution < -0.4 is 27.5 Å². The summed E-state index contributed by atoms with van der Waals surface area (Å²) in [6.45, 7) is 2.76. The maximum Gasteiger partial charge on any atom is 0.191 e. The zero-order chi connectivity index (χ0) is 19.0. The number of rotatable bonds is 7. The van der Waals surface area contributed by atoms with Gasteiger partial charge in [0.15, 0.2) is 5.43 Å². The number of fused-ring (bicyclic) bond motifs is 2. The molecular weight excluding hydrogens is 344 g/mol. The van der Waals surface area contributed by atoms with Gasteiger partial charge in [0, 0.05) is 43.8 Å². The molecule has 0 radical (unpaired) electrons. The van der Waals surface area contributed by atoms with E-state index in [1.54, 1.807) is 16.6 Å².